The third kappa shape index (κ3) is 6.44. The van der Waals surface area contributed by atoms with E-state index in [1.807, 2.05) is 0 Å². The van der Waals surface area contributed by atoms with Gasteiger partial charge in [-0.3, -0.25) is 9.79 Å². The van der Waals surface area contributed by atoms with Crippen molar-refractivity contribution in [2.24, 2.45) is 5.73 Å². The summed E-state index contributed by atoms with van der Waals surface area (Å²) < 4.78 is 14.8. The topological polar surface area (TPSA) is 105 Å². The molecule has 1 rings (SSSR count). The number of rotatable bonds is 3. The van der Waals surface area contributed by atoms with Gasteiger partial charge in [-0.15, -0.1) is 0 Å². The van der Waals surface area contributed by atoms with Crippen LogP contribution in [0.25, 0.3) is 0 Å². The number of benzene rings is 1. The third-order valence-corrected chi connectivity index (χ3v) is 1.90. The SMILES string of the molecule is NC(=S)Nc1ccc(OP(=O)(O)O)cc1.[NaH]. The fourth-order valence-corrected chi connectivity index (χ4v) is 1.39. The molecule has 16 heavy (non-hydrogen) atoms. The summed E-state index contributed by atoms with van der Waals surface area (Å²) in [6.45, 7) is 0. The van der Waals surface area contributed by atoms with Gasteiger partial charge in [0.15, 0.2) is 5.11 Å². The number of hydrogen-bond donors (Lipinski definition) is 4. The maximum absolute atomic E-state index is 10.5. The average Bonchev–Trinajstić information content (AvgIpc) is 2.05. The predicted molar refractivity (Wildman–Crippen MR) is 66.7 cm³/mol. The Bertz CT molecular complexity index is 407. The molecule has 0 spiro atoms. The molecule has 0 saturated heterocycles. The van der Waals surface area contributed by atoms with E-state index in [4.69, 9.17) is 15.5 Å². The number of thiocarbonyl (C=S) groups is 1. The van der Waals surface area contributed by atoms with Gasteiger partial charge in [-0.05, 0) is 36.5 Å². The standard InChI is InChI=1S/C7H9N2O4PS.Na.H/c8-7(15)9-5-1-3-6(4-2-5)13-14(10,11)12;;/h1-4H,(H3,8,9,15)(H2,10,11,12);;. The number of phosphoric ester groups is 1. The van der Waals surface area contributed by atoms with Crippen molar-refractivity contribution in [3.63, 3.8) is 0 Å². The molecule has 6 nitrogen and oxygen atoms in total. The molecule has 0 aliphatic heterocycles. The van der Waals surface area contributed by atoms with E-state index in [2.05, 4.69) is 22.1 Å². The van der Waals surface area contributed by atoms with E-state index in [0.717, 1.165) is 0 Å². The Hall–Kier alpha value is -0.140. The molecule has 1 aromatic carbocycles. The summed E-state index contributed by atoms with van der Waals surface area (Å²) in [7, 11) is -4.50. The molecule has 0 atom stereocenters. The van der Waals surface area contributed by atoms with Crippen molar-refractivity contribution in [1.29, 1.82) is 0 Å². The second-order valence-corrected chi connectivity index (χ2v) is 4.20. The number of anilines is 1. The number of nitrogens with one attached hydrogen (secondary N) is 1. The third-order valence-electron chi connectivity index (χ3n) is 1.35. The normalized spacial score (nSPS) is 10.1. The van der Waals surface area contributed by atoms with Crippen LogP contribution in [-0.4, -0.2) is 44.5 Å². The first-order valence-corrected chi connectivity index (χ1v) is 5.72. The van der Waals surface area contributed by atoms with Gasteiger partial charge in [0.1, 0.15) is 5.75 Å². The van der Waals surface area contributed by atoms with Crippen molar-refractivity contribution in [2.75, 3.05) is 5.32 Å². The Morgan fingerprint density at radius 1 is 1.38 bits per heavy atom. The molecule has 1 aromatic rings. The van der Waals surface area contributed by atoms with E-state index >= 15 is 0 Å². The van der Waals surface area contributed by atoms with Gasteiger partial charge in [0.25, 0.3) is 0 Å². The molecule has 9 heteroatoms. The van der Waals surface area contributed by atoms with E-state index in [0.29, 0.717) is 5.69 Å². The van der Waals surface area contributed by atoms with Crippen LogP contribution in [-0.2, 0) is 4.57 Å². The molecule has 5 N–H and O–H groups in total. The van der Waals surface area contributed by atoms with Crippen LogP contribution in [0.4, 0.5) is 5.69 Å². The Kier molecular flexibility index (Phi) is 6.50. The van der Waals surface area contributed by atoms with E-state index in [-0.39, 0.29) is 40.4 Å². The molecule has 0 amide bonds. The molecule has 0 fully saturated rings. The van der Waals surface area contributed by atoms with Gasteiger partial charge in [0.2, 0.25) is 0 Å². The molecule has 84 valence electrons. The Morgan fingerprint density at radius 2 is 1.88 bits per heavy atom. The van der Waals surface area contributed by atoms with Crippen LogP contribution in [0.15, 0.2) is 24.3 Å². The zero-order valence-corrected chi connectivity index (χ0v) is 9.16. The van der Waals surface area contributed by atoms with Gasteiger partial charge in [0, 0.05) is 5.69 Å². The number of phosphoric acid groups is 1. The molecule has 0 saturated carbocycles. The van der Waals surface area contributed by atoms with Crippen LogP contribution in [0.3, 0.4) is 0 Å². The molecule has 0 unspecified atom stereocenters. The van der Waals surface area contributed by atoms with Crippen LogP contribution in [0.5, 0.6) is 5.75 Å². The zero-order chi connectivity index (χ0) is 11.5. The first-order chi connectivity index (χ1) is 6.87. The minimum atomic E-state index is -4.50. The molecule has 0 aliphatic rings. The van der Waals surface area contributed by atoms with Gasteiger partial charge in [-0.25, -0.2) is 4.57 Å². The van der Waals surface area contributed by atoms with Crippen molar-refractivity contribution in [2.45, 2.75) is 0 Å². The quantitative estimate of drug-likeness (QED) is 0.353. The van der Waals surface area contributed by atoms with Gasteiger partial charge < -0.3 is 15.6 Å². The number of nitrogens with two attached hydrogens (primary N) is 1. The summed E-state index contributed by atoms with van der Waals surface area (Å²) >= 11 is 4.61. The fourth-order valence-electron chi connectivity index (χ4n) is 0.879. The molecule has 0 aromatic heterocycles. The van der Waals surface area contributed by atoms with Crippen molar-refractivity contribution >= 4 is 60.4 Å². The second kappa shape index (κ2) is 6.56. The van der Waals surface area contributed by atoms with Gasteiger partial charge in [0.05, 0.1) is 0 Å². The average molecular weight is 272 g/mol. The molecular weight excluding hydrogens is 262 g/mol. The van der Waals surface area contributed by atoms with Crippen LogP contribution in [0.2, 0.25) is 0 Å². The first-order valence-electron chi connectivity index (χ1n) is 3.78. The minimum absolute atomic E-state index is 0. The van der Waals surface area contributed by atoms with Crippen LogP contribution in [0, 0.1) is 0 Å². The van der Waals surface area contributed by atoms with Crippen LogP contribution < -0.4 is 15.6 Å². The fraction of sp³-hybridized carbons (Fsp3) is 0. The predicted octanol–water partition coefficient (Wildman–Crippen LogP) is 0.165. The van der Waals surface area contributed by atoms with Gasteiger partial charge >= 0.3 is 37.4 Å². The van der Waals surface area contributed by atoms with Crippen molar-refractivity contribution in [3.05, 3.63) is 24.3 Å². The molecule has 0 heterocycles. The molecule has 0 bridgehead atoms. The van der Waals surface area contributed by atoms with E-state index in [1.165, 1.54) is 24.3 Å². The van der Waals surface area contributed by atoms with Crippen molar-refractivity contribution < 1.29 is 18.9 Å². The van der Waals surface area contributed by atoms with Gasteiger partial charge in [-0.1, -0.05) is 0 Å². The van der Waals surface area contributed by atoms with Crippen LogP contribution in [0.1, 0.15) is 0 Å². The van der Waals surface area contributed by atoms with Crippen molar-refractivity contribution in [3.8, 4) is 5.75 Å². The second-order valence-electron chi connectivity index (χ2n) is 2.60. The first kappa shape index (κ1) is 15.9. The Labute approximate surface area is 120 Å². The molecule has 0 radical (unpaired) electrons. The summed E-state index contributed by atoms with van der Waals surface area (Å²) in [6, 6.07) is 5.84. The summed E-state index contributed by atoms with van der Waals surface area (Å²) in [5, 5.41) is 2.76. The summed E-state index contributed by atoms with van der Waals surface area (Å²) in [5.41, 5.74) is 5.84. The summed E-state index contributed by atoms with van der Waals surface area (Å²) in [5.74, 6) is 0.0665. The number of hydrogen-bond acceptors (Lipinski definition) is 3. The maximum atomic E-state index is 10.5. The van der Waals surface area contributed by atoms with E-state index < -0.39 is 7.82 Å². The summed E-state index contributed by atoms with van der Waals surface area (Å²) in [6.07, 6.45) is 0. The Morgan fingerprint density at radius 3 is 2.25 bits per heavy atom. The van der Waals surface area contributed by atoms with Crippen LogP contribution >= 0.6 is 20.0 Å². The monoisotopic (exact) mass is 272 g/mol. The molecule has 0 aliphatic carbocycles. The van der Waals surface area contributed by atoms with E-state index in [9.17, 15) is 4.57 Å². The van der Waals surface area contributed by atoms with Gasteiger partial charge in [-0.2, -0.15) is 0 Å². The Balaban J connectivity index is 0.00000225. The molecular formula is C7H10N2NaO4PS. The summed E-state index contributed by atoms with van der Waals surface area (Å²) in [4.78, 5) is 17.0. The van der Waals surface area contributed by atoms with E-state index in [1.54, 1.807) is 0 Å². The van der Waals surface area contributed by atoms with Crippen molar-refractivity contribution in [1.82, 2.24) is 0 Å². The zero-order valence-electron chi connectivity index (χ0n) is 7.45.